The minimum Gasteiger partial charge on any atom is -0.493 e. The highest BCUT2D eigenvalue weighted by molar-refractivity contribution is 5.21. The number of hydrogen-bond donors (Lipinski definition) is 0. The topological polar surface area (TPSA) is 9.23 Å². The summed E-state index contributed by atoms with van der Waals surface area (Å²) in [6.45, 7) is 0.710. The van der Waals surface area contributed by atoms with Gasteiger partial charge in [0, 0.05) is 6.42 Å². The first-order valence-electron chi connectivity index (χ1n) is 5.08. The molecular formula is C14H13O. The predicted octanol–water partition coefficient (Wildman–Crippen LogP) is 3.11. The zero-order valence-corrected chi connectivity index (χ0v) is 8.52. The van der Waals surface area contributed by atoms with Crippen LogP contribution in [0.25, 0.3) is 0 Å². The zero-order valence-electron chi connectivity index (χ0n) is 8.52. The Kier molecular flexibility index (Phi) is 3.39. The van der Waals surface area contributed by atoms with E-state index in [0.717, 1.165) is 12.2 Å². The molecule has 0 heterocycles. The van der Waals surface area contributed by atoms with Gasteiger partial charge in [0.25, 0.3) is 0 Å². The second-order valence-corrected chi connectivity index (χ2v) is 3.32. The molecule has 0 spiro atoms. The summed E-state index contributed by atoms with van der Waals surface area (Å²) in [4.78, 5) is 0. The van der Waals surface area contributed by atoms with Gasteiger partial charge in [-0.05, 0) is 23.8 Å². The fourth-order valence-electron chi connectivity index (χ4n) is 1.39. The first kappa shape index (κ1) is 9.78. The third kappa shape index (κ3) is 3.13. The van der Waals surface area contributed by atoms with Gasteiger partial charge in [-0.1, -0.05) is 42.5 Å². The van der Waals surface area contributed by atoms with Crippen LogP contribution >= 0.6 is 0 Å². The third-order valence-electron chi connectivity index (χ3n) is 2.17. The summed E-state index contributed by atoms with van der Waals surface area (Å²) >= 11 is 0. The van der Waals surface area contributed by atoms with Crippen molar-refractivity contribution in [1.82, 2.24) is 0 Å². The Bertz CT molecular complexity index is 341. The van der Waals surface area contributed by atoms with Crippen LogP contribution in [0.3, 0.4) is 0 Å². The Labute approximate surface area is 90.3 Å². The lowest BCUT2D eigenvalue weighted by Crippen LogP contribution is -2.00. The van der Waals surface area contributed by atoms with Crippen molar-refractivity contribution in [3.63, 3.8) is 0 Å². The lowest BCUT2D eigenvalue weighted by atomic mass is 10.2. The SMILES string of the molecule is [c]1cccc(CCOc2ccccc2)c1. The van der Waals surface area contributed by atoms with Crippen LogP contribution in [0.15, 0.2) is 54.6 Å². The standard InChI is InChI=1S/C14H13O/c1-3-7-13(8-4-1)11-12-15-14-9-5-2-6-10-14/h1-3,5-10H,11-12H2. The first-order valence-corrected chi connectivity index (χ1v) is 5.08. The lowest BCUT2D eigenvalue weighted by Gasteiger charge is -2.05. The molecule has 0 aromatic heterocycles. The maximum Gasteiger partial charge on any atom is 0.119 e. The molecule has 0 bridgehead atoms. The minimum absolute atomic E-state index is 0.710. The van der Waals surface area contributed by atoms with E-state index >= 15 is 0 Å². The molecule has 0 amide bonds. The van der Waals surface area contributed by atoms with E-state index in [1.165, 1.54) is 5.56 Å². The van der Waals surface area contributed by atoms with Crippen molar-refractivity contribution in [2.45, 2.75) is 6.42 Å². The maximum atomic E-state index is 5.60. The molecular weight excluding hydrogens is 184 g/mol. The van der Waals surface area contributed by atoms with E-state index in [-0.39, 0.29) is 0 Å². The van der Waals surface area contributed by atoms with Crippen molar-refractivity contribution in [1.29, 1.82) is 0 Å². The van der Waals surface area contributed by atoms with Crippen LogP contribution in [0.2, 0.25) is 0 Å². The average Bonchev–Trinajstić information content (AvgIpc) is 2.32. The van der Waals surface area contributed by atoms with Gasteiger partial charge in [-0.25, -0.2) is 0 Å². The number of para-hydroxylation sites is 1. The average molecular weight is 197 g/mol. The summed E-state index contributed by atoms with van der Waals surface area (Å²) < 4.78 is 5.60. The minimum atomic E-state index is 0.710. The van der Waals surface area contributed by atoms with E-state index in [4.69, 9.17) is 4.74 Å². The molecule has 0 N–H and O–H groups in total. The molecule has 0 saturated heterocycles. The number of hydrogen-bond acceptors (Lipinski definition) is 1. The monoisotopic (exact) mass is 197 g/mol. The van der Waals surface area contributed by atoms with Crippen LogP contribution in [-0.4, -0.2) is 6.61 Å². The Morgan fingerprint density at radius 1 is 1.00 bits per heavy atom. The Morgan fingerprint density at radius 2 is 1.87 bits per heavy atom. The summed E-state index contributed by atoms with van der Waals surface area (Å²) in [5.41, 5.74) is 1.26. The Morgan fingerprint density at radius 3 is 2.60 bits per heavy atom. The van der Waals surface area contributed by atoms with Gasteiger partial charge in [0.2, 0.25) is 0 Å². The Balaban J connectivity index is 1.81. The van der Waals surface area contributed by atoms with E-state index in [1.807, 2.05) is 48.5 Å². The molecule has 1 nitrogen and oxygen atoms in total. The van der Waals surface area contributed by atoms with Crippen LogP contribution in [0.4, 0.5) is 0 Å². The summed E-state index contributed by atoms with van der Waals surface area (Å²) in [5.74, 6) is 0.928. The summed E-state index contributed by atoms with van der Waals surface area (Å²) in [7, 11) is 0. The fourth-order valence-corrected chi connectivity index (χ4v) is 1.39. The number of rotatable bonds is 4. The van der Waals surface area contributed by atoms with Gasteiger partial charge < -0.3 is 4.74 Å². The summed E-state index contributed by atoms with van der Waals surface area (Å²) in [5, 5.41) is 0. The highest BCUT2D eigenvalue weighted by Gasteiger charge is 1.93. The molecule has 0 aliphatic heterocycles. The zero-order chi connectivity index (χ0) is 10.3. The second-order valence-electron chi connectivity index (χ2n) is 3.32. The summed E-state index contributed by atoms with van der Waals surface area (Å²) in [6, 6.07) is 20.9. The Hall–Kier alpha value is -1.76. The highest BCUT2D eigenvalue weighted by atomic mass is 16.5. The lowest BCUT2D eigenvalue weighted by molar-refractivity contribution is 0.322. The second kappa shape index (κ2) is 5.20. The maximum absolute atomic E-state index is 5.60. The molecule has 2 rings (SSSR count). The van der Waals surface area contributed by atoms with Gasteiger partial charge in [0.1, 0.15) is 5.75 Å². The molecule has 0 saturated carbocycles. The first-order chi connectivity index (χ1) is 7.45. The van der Waals surface area contributed by atoms with Crippen molar-refractivity contribution in [3.8, 4) is 5.75 Å². The van der Waals surface area contributed by atoms with Crippen LogP contribution in [0.5, 0.6) is 5.75 Å². The van der Waals surface area contributed by atoms with Crippen molar-refractivity contribution in [3.05, 3.63) is 66.2 Å². The highest BCUT2D eigenvalue weighted by Crippen LogP contribution is 2.09. The van der Waals surface area contributed by atoms with Crippen molar-refractivity contribution in [2.24, 2.45) is 0 Å². The summed E-state index contributed by atoms with van der Waals surface area (Å²) in [6.07, 6.45) is 0.923. The van der Waals surface area contributed by atoms with E-state index in [1.54, 1.807) is 0 Å². The predicted molar refractivity (Wildman–Crippen MR) is 60.9 cm³/mol. The molecule has 0 unspecified atom stereocenters. The van der Waals surface area contributed by atoms with Gasteiger partial charge in [-0.15, -0.1) is 0 Å². The molecule has 0 aliphatic rings. The van der Waals surface area contributed by atoms with Crippen LogP contribution in [0, 0.1) is 6.07 Å². The quantitative estimate of drug-likeness (QED) is 0.731. The van der Waals surface area contributed by atoms with E-state index in [0.29, 0.717) is 6.61 Å². The molecule has 1 heteroatoms. The van der Waals surface area contributed by atoms with E-state index in [2.05, 4.69) is 12.1 Å². The number of ether oxygens (including phenoxy) is 1. The van der Waals surface area contributed by atoms with Gasteiger partial charge in [-0.3, -0.25) is 0 Å². The van der Waals surface area contributed by atoms with Crippen molar-refractivity contribution >= 4 is 0 Å². The van der Waals surface area contributed by atoms with Gasteiger partial charge in [0.05, 0.1) is 6.61 Å². The molecule has 2 aromatic rings. The van der Waals surface area contributed by atoms with Crippen LogP contribution in [-0.2, 0) is 6.42 Å². The third-order valence-corrected chi connectivity index (χ3v) is 2.17. The normalized spacial score (nSPS) is 9.87. The molecule has 0 aliphatic carbocycles. The van der Waals surface area contributed by atoms with Crippen LogP contribution < -0.4 is 4.74 Å². The molecule has 0 atom stereocenters. The van der Waals surface area contributed by atoms with Crippen molar-refractivity contribution < 1.29 is 4.74 Å². The van der Waals surface area contributed by atoms with Gasteiger partial charge >= 0.3 is 0 Å². The fraction of sp³-hybridized carbons (Fsp3) is 0.143. The van der Waals surface area contributed by atoms with E-state index < -0.39 is 0 Å². The van der Waals surface area contributed by atoms with Gasteiger partial charge in [-0.2, -0.15) is 0 Å². The molecule has 75 valence electrons. The van der Waals surface area contributed by atoms with Crippen LogP contribution in [0.1, 0.15) is 5.56 Å². The van der Waals surface area contributed by atoms with Gasteiger partial charge in [0.15, 0.2) is 0 Å². The molecule has 1 radical (unpaired) electrons. The largest absolute Gasteiger partial charge is 0.493 e. The smallest absolute Gasteiger partial charge is 0.119 e. The molecule has 2 aromatic carbocycles. The number of benzene rings is 2. The van der Waals surface area contributed by atoms with Crippen molar-refractivity contribution in [2.75, 3.05) is 6.61 Å². The molecule has 0 fully saturated rings. The van der Waals surface area contributed by atoms with E-state index in [9.17, 15) is 0 Å². The molecule has 15 heavy (non-hydrogen) atoms.